The van der Waals surface area contributed by atoms with Crippen molar-refractivity contribution in [1.29, 1.82) is 0 Å². The van der Waals surface area contributed by atoms with Crippen molar-refractivity contribution in [3.63, 3.8) is 0 Å². The van der Waals surface area contributed by atoms with Gasteiger partial charge in [0, 0.05) is 0 Å². The van der Waals surface area contributed by atoms with E-state index in [2.05, 4.69) is 86.4 Å². The number of rotatable bonds is 4. The van der Waals surface area contributed by atoms with E-state index in [4.69, 9.17) is 0 Å². The van der Waals surface area contributed by atoms with Crippen LogP contribution in [0.1, 0.15) is 11.1 Å². The molecule has 0 spiro atoms. The molecule has 0 aromatic heterocycles. The van der Waals surface area contributed by atoms with Crippen molar-refractivity contribution in [2.45, 2.75) is 26.1 Å². The Hall–Kier alpha value is -1.60. The van der Waals surface area contributed by atoms with E-state index in [1.54, 1.807) is 5.20 Å². The first kappa shape index (κ1) is 13.8. The Morgan fingerprint density at radius 2 is 1.37 bits per heavy atom. The van der Waals surface area contributed by atoms with Crippen LogP contribution in [0.2, 0.25) is 19.6 Å². The zero-order valence-corrected chi connectivity index (χ0v) is 13.1. The lowest BCUT2D eigenvalue weighted by Crippen LogP contribution is -2.25. The van der Waals surface area contributed by atoms with Crippen molar-refractivity contribution in [2.75, 3.05) is 0 Å². The lowest BCUT2D eigenvalue weighted by Gasteiger charge is -2.21. The van der Waals surface area contributed by atoms with Crippen LogP contribution in [0.3, 0.4) is 0 Å². The number of hydrogen-bond acceptors (Lipinski definition) is 0. The van der Waals surface area contributed by atoms with Crippen molar-refractivity contribution in [3.8, 4) is 0 Å². The van der Waals surface area contributed by atoms with Gasteiger partial charge in [-0.05, 0) is 17.5 Å². The van der Waals surface area contributed by atoms with Gasteiger partial charge in [-0.25, -0.2) is 0 Å². The maximum absolute atomic E-state index is 2.42. The minimum atomic E-state index is -1.29. The molecule has 0 aliphatic heterocycles. The van der Waals surface area contributed by atoms with E-state index in [1.165, 1.54) is 11.1 Å². The molecule has 1 heteroatoms. The summed E-state index contributed by atoms with van der Waals surface area (Å²) in [7, 11) is -1.29. The maximum Gasteiger partial charge on any atom is 0.0729 e. The van der Waals surface area contributed by atoms with Crippen LogP contribution < -0.4 is 0 Å². The smallest absolute Gasteiger partial charge is 0.0729 e. The molecule has 0 bridgehead atoms. The van der Waals surface area contributed by atoms with Crippen LogP contribution in [0.25, 0.3) is 6.08 Å². The Balaban J connectivity index is 2.30. The van der Waals surface area contributed by atoms with Crippen LogP contribution in [0.5, 0.6) is 0 Å². The van der Waals surface area contributed by atoms with Gasteiger partial charge in [0.15, 0.2) is 0 Å². The van der Waals surface area contributed by atoms with E-state index >= 15 is 0 Å². The summed E-state index contributed by atoms with van der Waals surface area (Å²) < 4.78 is 0. The van der Waals surface area contributed by atoms with Crippen molar-refractivity contribution in [1.82, 2.24) is 0 Å². The van der Waals surface area contributed by atoms with Gasteiger partial charge in [0.25, 0.3) is 0 Å². The van der Waals surface area contributed by atoms with Crippen LogP contribution in [0.4, 0.5) is 0 Å². The molecule has 0 aliphatic rings. The van der Waals surface area contributed by atoms with Crippen molar-refractivity contribution in [3.05, 3.63) is 77.0 Å². The fourth-order valence-corrected chi connectivity index (χ4v) is 3.43. The third kappa shape index (κ3) is 4.21. The molecule has 0 saturated carbocycles. The lowest BCUT2D eigenvalue weighted by molar-refractivity contribution is 1.22. The number of hydrogen-bond donors (Lipinski definition) is 0. The molecular formula is C18H22Si. The minimum absolute atomic E-state index is 1.07. The predicted octanol–water partition coefficient (Wildman–Crippen LogP) is 5.19. The third-order valence-electron chi connectivity index (χ3n) is 3.34. The topological polar surface area (TPSA) is 0 Å². The molecule has 0 heterocycles. The first-order valence-electron chi connectivity index (χ1n) is 6.86. The van der Waals surface area contributed by atoms with Gasteiger partial charge in [0.2, 0.25) is 0 Å². The van der Waals surface area contributed by atoms with E-state index in [9.17, 15) is 0 Å². The largest absolute Gasteiger partial charge is 0.0762 e. The molecule has 2 aromatic carbocycles. The number of allylic oxidation sites excluding steroid dienone is 1. The van der Waals surface area contributed by atoms with Crippen LogP contribution in [0, 0.1) is 0 Å². The molecule has 0 aliphatic carbocycles. The second-order valence-electron chi connectivity index (χ2n) is 5.99. The summed E-state index contributed by atoms with van der Waals surface area (Å²) in [6, 6.07) is 21.4. The van der Waals surface area contributed by atoms with E-state index < -0.39 is 8.07 Å². The van der Waals surface area contributed by atoms with Crippen LogP contribution in [-0.2, 0) is 6.42 Å². The molecule has 2 aromatic rings. The standard InChI is InChI=1S/C18H22Si/c1-19(2,3)18(14-16-10-6-4-7-11-16)15-17-12-8-5-9-13-17/h4-14H,15H2,1-3H3/b18-14-. The highest BCUT2D eigenvalue weighted by molar-refractivity contribution is 6.83. The fourth-order valence-electron chi connectivity index (χ4n) is 2.10. The summed E-state index contributed by atoms with van der Waals surface area (Å²) in [6.07, 6.45) is 3.46. The van der Waals surface area contributed by atoms with E-state index in [0.717, 1.165) is 6.42 Å². The first-order valence-corrected chi connectivity index (χ1v) is 10.4. The quantitative estimate of drug-likeness (QED) is 0.668. The minimum Gasteiger partial charge on any atom is -0.0762 e. The molecular weight excluding hydrogens is 244 g/mol. The van der Waals surface area contributed by atoms with E-state index in [0.29, 0.717) is 0 Å². The molecule has 0 atom stereocenters. The van der Waals surface area contributed by atoms with Crippen molar-refractivity contribution >= 4 is 14.1 Å². The molecule has 0 N–H and O–H groups in total. The summed E-state index contributed by atoms with van der Waals surface area (Å²) in [5, 5.41) is 1.60. The SMILES string of the molecule is C[Si](C)(C)/C(=C\c1ccccc1)Cc1ccccc1. The van der Waals surface area contributed by atoms with Gasteiger partial charge in [-0.1, -0.05) is 91.6 Å². The van der Waals surface area contributed by atoms with E-state index in [1.807, 2.05) is 0 Å². The molecule has 0 nitrogen and oxygen atoms in total. The highest BCUT2D eigenvalue weighted by Crippen LogP contribution is 2.22. The zero-order chi connectivity index (χ0) is 13.7. The van der Waals surface area contributed by atoms with E-state index in [-0.39, 0.29) is 0 Å². The maximum atomic E-state index is 2.42. The van der Waals surface area contributed by atoms with Gasteiger partial charge in [-0.3, -0.25) is 0 Å². The van der Waals surface area contributed by atoms with Gasteiger partial charge in [0.05, 0.1) is 8.07 Å². The second kappa shape index (κ2) is 6.03. The molecule has 98 valence electrons. The Morgan fingerprint density at radius 1 is 0.842 bits per heavy atom. The molecule has 0 radical (unpaired) electrons. The number of benzene rings is 2. The predicted molar refractivity (Wildman–Crippen MR) is 87.9 cm³/mol. The molecule has 0 amide bonds. The van der Waals surface area contributed by atoms with Crippen LogP contribution in [0.15, 0.2) is 65.9 Å². The molecule has 19 heavy (non-hydrogen) atoms. The summed E-state index contributed by atoms with van der Waals surface area (Å²) in [5.74, 6) is 0. The highest BCUT2D eigenvalue weighted by Gasteiger charge is 2.19. The zero-order valence-electron chi connectivity index (χ0n) is 12.1. The highest BCUT2D eigenvalue weighted by atomic mass is 28.3. The van der Waals surface area contributed by atoms with Gasteiger partial charge in [-0.2, -0.15) is 0 Å². The Kier molecular flexibility index (Phi) is 4.38. The Morgan fingerprint density at radius 3 is 1.89 bits per heavy atom. The summed E-state index contributed by atoms with van der Waals surface area (Å²) in [5.41, 5.74) is 2.72. The molecule has 0 fully saturated rings. The Labute approximate surface area is 117 Å². The van der Waals surface area contributed by atoms with Gasteiger partial charge in [0.1, 0.15) is 0 Å². The van der Waals surface area contributed by atoms with Gasteiger partial charge >= 0.3 is 0 Å². The molecule has 0 saturated heterocycles. The summed E-state index contributed by atoms with van der Waals surface area (Å²) >= 11 is 0. The third-order valence-corrected chi connectivity index (χ3v) is 5.59. The van der Waals surface area contributed by atoms with Crippen molar-refractivity contribution in [2.24, 2.45) is 0 Å². The first-order chi connectivity index (χ1) is 9.05. The monoisotopic (exact) mass is 266 g/mol. The summed E-state index contributed by atoms with van der Waals surface area (Å²) in [6.45, 7) is 7.26. The van der Waals surface area contributed by atoms with Crippen molar-refractivity contribution < 1.29 is 0 Å². The van der Waals surface area contributed by atoms with Crippen LogP contribution >= 0.6 is 0 Å². The second-order valence-corrected chi connectivity index (χ2v) is 11.1. The average Bonchev–Trinajstić information content (AvgIpc) is 2.39. The Bertz CT molecular complexity index is 533. The lowest BCUT2D eigenvalue weighted by atomic mass is 10.1. The fraction of sp³-hybridized carbons (Fsp3) is 0.222. The average molecular weight is 266 g/mol. The van der Waals surface area contributed by atoms with Gasteiger partial charge < -0.3 is 0 Å². The summed E-state index contributed by atoms with van der Waals surface area (Å²) in [4.78, 5) is 0. The molecule has 0 unspecified atom stereocenters. The normalized spacial score (nSPS) is 12.5. The molecule has 2 rings (SSSR count). The van der Waals surface area contributed by atoms with Crippen LogP contribution in [-0.4, -0.2) is 8.07 Å². The van der Waals surface area contributed by atoms with Gasteiger partial charge in [-0.15, -0.1) is 0 Å².